The summed E-state index contributed by atoms with van der Waals surface area (Å²) in [6.45, 7) is 3.14. The molecule has 5 N–H and O–H groups in total. The molecule has 190 valence electrons. The zero-order chi connectivity index (χ0) is 24.8. The number of nitrogens with zero attached hydrogens (tertiary/aromatic N) is 4. The van der Waals surface area contributed by atoms with E-state index in [2.05, 4.69) is 51.6 Å². The Morgan fingerprint density at radius 2 is 2.03 bits per heavy atom. The Morgan fingerprint density at radius 1 is 1.17 bits per heavy atom. The Labute approximate surface area is 218 Å². The summed E-state index contributed by atoms with van der Waals surface area (Å²) in [5.41, 5.74) is 2.62. The van der Waals surface area contributed by atoms with Gasteiger partial charge in [0, 0.05) is 54.8 Å². The Bertz CT molecular complexity index is 1120. The summed E-state index contributed by atoms with van der Waals surface area (Å²) < 4.78 is 0. The van der Waals surface area contributed by atoms with Crippen LogP contribution in [-0.2, 0) is 12.2 Å². The summed E-state index contributed by atoms with van der Waals surface area (Å²) in [5.74, 6) is 2.76. The maximum atomic E-state index is 12.6. The first-order valence-electron chi connectivity index (χ1n) is 12.0. The van der Waals surface area contributed by atoms with Crippen molar-refractivity contribution in [2.45, 2.75) is 25.0 Å². The predicted octanol–water partition coefficient (Wildman–Crippen LogP) is 2.68. The van der Waals surface area contributed by atoms with E-state index >= 15 is 0 Å². The fraction of sp³-hybridized carbons (Fsp3) is 0.375. The summed E-state index contributed by atoms with van der Waals surface area (Å²) in [5, 5.41) is 15.5. The van der Waals surface area contributed by atoms with Gasteiger partial charge in [-0.05, 0) is 31.4 Å². The highest BCUT2D eigenvalue weighted by atomic mass is 32.2. The summed E-state index contributed by atoms with van der Waals surface area (Å²) in [6.07, 6.45) is 6.33. The minimum absolute atomic E-state index is 0.180. The minimum atomic E-state index is -0.180. The number of hydrogen-bond donors (Lipinski definition) is 5. The van der Waals surface area contributed by atoms with Gasteiger partial charge in [0.25, 0.3) is 5.91 Å². The molecule has 1 fully saturated rings. The number of guanidine groups is 2. The number of aromatic amines is 1. The summed E-state index contributed by atoms with van der Waals surface area (Å²) in [6, 6.07) is 9.15. The van der Waals surface area contributed by atoms with Crippen molar-refractivity contribution in [1.82, 2.24) is 36.2 Å². The maximum absolute atomic E-state index is 12.6. The largest absolute Gasteiger partial charge is 0.356 e. The van der Waals surface area contributed by atoms with Crippen LogP contribution in [0.4, 0.5) is 5.13 Å². The Balaban J connectivity index is 1.22. The number of H-pyrrole nitrogens is 1. The molecule has 2 aromatic heterocycles. The summed E-state index contributed by atoms with van der Waals surface area (Å²) in [4.78, 5) is 33.5. The first-order chi connectivity index (χ1) is 17.8. The second-order valence-electron chi connectivity index (χ2n) is 7.98. The van der Waals surface area contributed by atoms with Gasteiger partial charge in [-0.25, -0.2) is 9.97 Å². The molecule has 0 atom stereocenters. The minimum Gasteiger partial charge on any atom is -0.356 e. The second-order valence-corrected chi connectivity index (χ2v) is 9.92. The number of aromatic nitrogens is 3. The molecule has 3 heterocycles. The lowest BCUT2D eigenvalue weighted by Crippen LogP contribution is -2.43. The number of amides is 1. The van der Waals surface area contributed by atoms with Gasteiger partial charge in [-0.3, -0.25) is 15.1 Å². The van der Waals surface area contributed by atoms with Gasteiger partial charge in [0.1, 0.15) is 0 Å². The molecule has 3 aromatic rings. The van der Waals surface area contributed by atoms with Crippen LogP contribution >= 0.6 is 23.1 Å². The van der Waals surface area contributed by atoms with E-state index in [-0.39, 0.29) is 5.91 Å². The number of benzene rings is 1. The van der Waals surface area contributed by atoms with E-state index in [0.29, 0.717) is 24.6 Å². The number of imidazole rings is 1. The van der Waals surface area contributed by atoms with Crippen LogP contribution in [0.2, 0.25) is 0 Å². The van der Waals surface area contributed by atoms with E-state index in [1.165, 1.54) is 0 Å². The molecule has 0 saturated carbocycles. The number of carbonyl (C=O) groups excluding carboxylic acids is 1. The fourth-order valence-corrected chi connectivity index (χ4v) is 4.90. The maximum Gasteiger partial charge on any atom is 0.257 e. The average Bonchev–Trinajstić information content (AvgIpc) is 3.59. The first-order valence-corrected chi connectivity index (χ1v) is 14.0. The van der Waals surface area contributed by atoms with Crippen molar-refractivity contribution < 1.29 is 4.79 Å². The van der Waals surface area contributed by atoms with Crippen LogP contribution in [0.1, 0.15) is 34.6 Å². The molecule has 0 bridgehead atoms. The Kier molecular flexibility index (Phi) is 10.2. The topological polar surface area (TPSA) is 131 Å². The SMILES string of the molecule is O=C(NC(=NCCCc1c[nH]cn1)NCCSCc1csc(N=C2NCCCN2)n1)c1ccccc1. The molecule has 1 aliphatic rings. The molecule has 1 saturated heterocycles. The van der Waals surface area contributed by atoms with E-state index in [4.69, 9.17) is 0 Å². The third-order valence-corrected chi connectivity index (χ3v) is 6.93. The van der Waals surface area contributed by atoms with E-state index in [1.54, 1.807) is 41.6 Å². The number of thiazole rings is 1. The van der Waals surface area contributed by atoms with Gasteiger partial charge in [-0.15, -0.1) is 11.3 Å². The molecule has 10 nitrogen and oxygen atoms in total. The van der Waals surface area contributed by atoms with E-state index < -0.39 is 0 Å². The van der Waals surface area contributed by atoms with Gasteiger partial charge >= 0.3 is 0 Å². The van der Waals surface area contributed by atoms with Gasteiger partial charge in [0.05, 0.1) is 17.7 Å². The summed E-state index contributed by atoms with van der Waals surface area (Å²) in [7, 11) is 0. The highest BCUT2D eigenvalue weighted by Crippen LogP contribution is 2.21. The number of rotatable bonds is 11. The van der Waals surface area contributed by atoms with E-state index in [1.807, 2.05) is 24.4 Å². The van der Waals surface area contributed by atoms with Crippen molar-refractivity contribution in [1.29, 1.82) is 0 Å². The third kappa shape index (κ3) is 8.68. The number of nitrogens with one attached hydrogen (secondary N) is 5. The van der Waals surface area contributed by atoms with Crippen molar-refractivity contribution in [3.63, 3.8) is 0 Å². The lowest BCUT2D eigenvalue weighted by atomic mass is 10.2. The van der Waals surface area contributed by atoms with Crippen molar-refractivity contribution in [3.8, 4) is 0 Å². The predicted molar refractivity (Wildman–Crippen MR) is 147 cm³/mol. The number of hydrogen-bond acceptors (Lipinski definition) is 7. The number of aryl methyl sites for hydroxylation is 1. The van der Waals surface area contributed by atoms with Crippen LogP contribution < -0.4 is 21.3 Å². The molecule has 0 spiro atoms. The molecule has 1 aliphatic heterocycles. The van der Waals surface area contributed by atoms with Gasteiger partial charge in [0.15, 0.2) is 11.9 Å². The lowest BCUT2D eigenvalue weighted by molar-refractivity contribution is 0.0976. The van der Waals surface area contributed by atoms with Crippen LogP contribution in [0.5, 0.6) is 0 Å². The molecule has 0 radical (unpaired) electrons. The van der Waals surface area contributed by atoms with Gasteiger partial charge in [-0.2, -0.15) is 16.8 Å². The van der Waals surface area contributed by atoms with Crippen LogP contribution in [0.3, 0.4) is 0 Å². The molecule has 0 unspecified atom stereocenters. The third-order valence-electron chi connectivity index (χ3n) is 5.16. The number of carbonyl (C=O) groups is 1. The van der Waals surface area contributed by atoms with Crippen molar-refractivity contribution in [3.05, 3.63) is 65.2 Å². The van der Waals surface area contributed by atoms with E-state index in [9.17, 15) is 4.79 Å². The van der Waals surface area contributed by atoms with Crippen LogP contribution in [0.25, 0.3) is 0 Å². The van der Waals surface area contributed by atoms with Crippen molar-refractivity contribution in [2.75, 3.05) is 31.9 Å². The average molecular weight is 526 g/mol. The number of thioether (sulfide) groups is 1. The monoisotopic (exact) mass is 525 g/mol. The zero-order valence-corrected chi connectivity index (χ0v) is 21.6. The fourth-order valence-electron chi connectivity index (χ4n) is 3.36. The van der Waals surface area contributed by atoms with Crippen LogP contribution in [0, 0.1) is 0 Å². The molecule has 1 amide bonds. The lowest BCUT2D eigenvalue weighted by Gasteiger charge is -2.16. The summed E-state index contributed by atoms with van der Waals surface area (Å²) >= 11 is 3.32. The molecule has 1 aromatic carbocycles. The van der Waals surface area contributed by atoms with E-state index in [0.717, 1.165) is 66.3 Å². The van der Waals surface area contributed by atoms with Gasteiger partial charge in [0.2, 0.25) is 5.13 Å². The van der Waals surface area contributed by atoms with Crippen molar-refractivity contribution in [2.24, 2.45) is 9.98 Å². The highest BCUT2D eigenvalue weighted by molar-refractivity contribution is 7.98. The number of aliphatic imine (C=N–C) groups is 2. The van der Waals surface area contributed by atoms with Gasteiger partial charge in [-0.1, -0.05) is 18.2 Å². The molecular weight excluding hydrogens is 494 g/mol. The Hall–Kier alpha value is -3.38. The molecule has 0 aliphatic carbocycles. The molecule has 36 heavy (non-hydrogen) atoms. The van der Waals surface area contributed by atoms with Crippen LogP contribution in [0.15, 0.2) is 58.2 Å². The smallest absolute Gasteiger partial charge is 0.257 e. The highest BCUT2D eigenvalue weighted by Gasteiger charge is 2.09. The zero-order valence-electron chi connectivity index (χ0n) is 20.0. The normalized spacial score (nSPS) is 13.6. The first kappa shape index (κ1) is 25.7. The van der Waals surface area contributed by atoms with Gasteiger partial charge < -0.3 is 20.9 Å². The second kappa shape index (κ2) is 14.2. The van der Waals surface area contributed by atoms with Crippen molar-refractivity contribution >= 4 is 46.1 Å². The quantitative estimate of drug-likeness (QED) is 0.148. The standard InChI is InChI=1S/C24H31N9OS2/c34-21(18-6-2-1-3-7-18)32-22(26-9-4-8-19-14-25-17-30-19)29-12-13-35-15-20-16-36-24(31-20)33-23-27-10-5-11-28-23/h1-3,6-7,14,16-17H,4-5,8-13,15H2,(H,25,30)(H2,26,29,32,34)(H2,27,28,31,33). The van der Waals surface area contributed by atoms with Crippen LogP contribution in [-0.4, -0.2) is 64.7 Å². The molecule has 12 heteroatoms. The molecular formula is C24H31N9OS2. The Morgan fingerprint density at radius 3 is 2.83 bits per heavy atom. The molecule has 4 rings (SSSR count).